The highest BCUT2D eigenvalue weighted by Crippen LogP contribution is 2.39. The van der Waals surface area contributed by atoms with Gasteiger partial charge in [-0.3, -0.25) is 4.55 Å². The predicted molar refractivity (Wildman–Crippen MR) is 78.4 cm³/mol. The van der Waals surface area contributed by atoms with Crippen LogP contribution in [0.25, 0.3) is 0 Å². The molecule has 4 heteroatoms. The third-order valence-electron chi connectivity index (χ3n) is 4.00. The summed E-state index contributed by atoms with van der Waals surface area (Å²) >= 11 is 0. The summed E-state index contributed by atoms with van der Waals surface area (Å²) in [6, 6.07) is 17.4. The SMILES string of the molecule is O=S(=O)(O)C1CCc2ccccc2C1c1ccccc1. The fourth-order valence-electron chi connectivity index (χ4n) is 3.11. The van der Waals surface area contributed by atoms with Gasteiger partial charge in [-0.15, -0.1) is 0 Å². The zero-order valence-corrected chi connectivity index (χ0v) is 11.8. The minimum Gasteiger partial charge on any atom is -0.285 e. The van der Waals surface area contributed by atoms with Crippen molar-refractivity contribution in [3.8, 4) is 0 Å². The molecule has 0 aromatic heterocycles. The first-order chi connectivity index (χ1) is 9.57. The molecule has 2 aromatic rings. The molecule has 0 fully saturated rings. The average Bonchev–Trinajstić information content (AvgIpc) is 2.46. The zero-order chi connectivity index (χ0) is 14.2. The Balaban J connectivity index is 2.18. The number of fused-ring (bicyclic) bond motifs is 1. The topological polar surface area (TPSA) is 54.4 Å². The lowest BCUT2D eigenvalue weighted by molar-refractivity contribution is 0.447. The average molecular weight is 288 g/mol. The van der Waals surface area contributed by atoms with Crippen molar-refractivity contribution in [3.05, 3.63) is 71.3 Å². The third-order valence-corrected chi connectivity index (χ3v) is 5.27. The summed E-state index contributed by atoms with van der Waals surface area (Å²) in [5.74, 6) is -0.295. The molecular formula is C16H16O3S. The number of hydrogen-bond donors (Lipinski definition) is 1. The zero-order valence-electron chi connectivity index (χ0n) is 10.9. The molecule has 1 N–H and O–H groups in total. The molecule has 0 spiro atoms. The lowest BCUT2D eigenvalue weighted by atomic mass is 9.78. The van der Waals surface area contributed by atoms with E-state index in [0.717, 1.165) is 11.1 Å². The van der Waals surface area contributed by atoms with E-state index in [9.17, 15) is 13.0 Å². The highest BCUT2D eigenvalue weighted by Gasteiger charge is 2.38. The number of rotatable bonds is 2. The molecule has 0 radical (unpaired) electrons. The molecule has 0 bridgehead atoms. The lowest BCUT2D eigenvalue weighted by Crippen LogP contribution is -2.33. The maximum atomic E-state index is 11.7. The van der Waals surface area contributed by atoms with Crippen molar-refractivity contribution in [1.82, 2.24) is 0 Å². The smallest absolute Gasteiger partial charge is 0.268 e. The number of aryl methyl sites for hydroxylation is 1. The van der Waals surface area contributed by atoms with Gasteiger partial charge in [-0.05, 0) is 29.5 Å². The summed E-state index contributed by atoms with van der Waals surface area (Å²) in [6.45, 7) is 0. The molecule has 0 amide bonds. The first-order valence-electron chi connectivity index (χ1n) is 6.66. The monoisotopic (exact) mass is 288 g/mol. The first-order valence-corrected chi connectivity index (χ1v) is 8.17. The summed E-state index contributed by atoms with van der Waals surface area (Å²) in [5, 5.41) is -0.764. The summed E-state index contributed by atoms with van der Waals surface area (Å²) in [6.07, 6.45) is 1.14. The molecular weight excluding hydrogens is 272 g/mol. The van der Waals surface area contributed by atoms with Crippen LogP contribution in [0.15, 0.2) is 54.6 Å². The van der Waals surface area contributed by atoms with Gasteiger partial charge in [0, 0.05) is 5.92 Å². The van der Waals surface area contributed by atoms with Gasteiger partial charge in [0.1, 0.15) is 0 Å². The van der Waals surface area contributed by atoms with Crippen molar-refractivity contribution in [1.29, 1.82) is 0 Å². The van der Waals surface area contributed by atoms with Crippen LogP contribution >= 0.6 is 0 Å². The molecule has 3 nitrogen and oxygen atoms in total. The van der Waals surface area contributed by atoms with Crippen LogP contribution in [-0.4, -0.2) is 18.2 Å². The molecule has 1 aliphatic rings. The fraction of sp³-hybridized carbons (Fsp3) is 0.250. The van der Waals surface area contributed by atoms with E-state index < -0.39 is 15.4 Å². The standard InChI is InChI=1S/C16H16O3S/c17-20(18,19)15-11-10-12-6-4-5-9-14(12)16(15)13-7-2-1-3-8-13/h1-9,15-16H,10-11H2,(H,17,18,19). The van der Waals surface area contributed by atoms with Crippen molar-refractivity contribution < 1.29 is 13.0 Å². The summed E-state index contributed by atoms with van der Waals surface area (Å²) in [5.41, 5.74) is 3.11. The summed E-state index contributed by atoms with van der Waals surface area (Å²) in [7, 11) is -4.07. The van der Waals surface area contributed by atoms with Crippen molar-refractivity contribution in [2.45, 2.75) is 24.0 Å². The maximum absolute atomic E-state index is 11.7. The molecule has 1 aliphatic carbocycles. The van der Waals surface area contributed by atoms with Crippen LogP contribution in [-0.2, 0) is 16.5 Å². The Morgan fingerprint density at radius 2 is 1.60 bits per heavy atom. The van der Waals surface area contributed by atoms with Gasteiger partial charge >= 0.3 is 0 Å². The Morgan fingerprint density at radius 1 is 0.950 bits per heavy atom. The normalized spacial score (nSPS) is 22.2. The van der Waals surface area contributed by atoms with Crippen molar-refractivity contribution in [2.75, 3.05) is 0 Å². The molecule has 0 aliphatic heterocycles. The molecule has 0 heterocycles. The number of benzene rings is 2. The van der Waals surface area contributed by atoms with Crippen LogP contribution in [0.5, 0.6) is 0 Å². The highest BCUT2D eigenvalue weighted by molar-refractivity contribution is 7.86. The van der Waals surface area contributed by atoms with Gasteiger partial charge in [0.25, 0.3) is 10.1 Å². The van der Waals surface area contributed by atoms with E-state index in [1.807, 2.05) is 54.6 Å². The van der Waals surface area contributed by atoms with E-state index >= 15 is 0 Å². The molecule has 0 saturated heterocycles. The molecule has 2 unspecified atom stereocenters. The molecule has 2 aromatic carbocycles. The molecule has 104 valence electrons. The van der Waals surface area contributed by atoms with Crippen molar-refractivity contribution in [2.24, 2.45) is 0 Å². The van der Waals surface area contributed by atoms with Gasteiger partial charge in [0.05, 0.1) is 5.25 Å². The molecule has 3 rings (SSSR count). The minimum atomic E-state index is -4.07. The highest BCUT2D eigenvalue weighted by atomic mass is 32.2. The van der Waals surface area contributed by atoms with Gasteiger partial charge in [0.2, 0.25) is 0 Å². The van der Waals surface area contributed by atoms with Crippen LogP contribution < -0.4 is 0 Å². The van der Waals surface area contributed by atoms with Crippen LogP contribution in [0.2, 0.25) is 0 Å². The Labute approximate surface area is 119 Å². The van der Waals surface area contributed by atoms with Gasteiger partial charge in [-0.2, -0.15) is 8.42 Å². The van der Waals surface area contributed by atoms with E-state index in [1.54, 1.807) is 0 Å². The summed E-state index contributed by atoms with van der Waals surface area (Å²) < 4.78 is 33.0. The minimum absolute atomic E-state index is 0.295. The van der Waals surface area contributed by atoms with Gasteiger partial charge in [-0.1, -0.05) is 54.6 Å². The van der Waals surface area contributed by atoms with Crippen LogP contribution in [0.4, 0.5) is 0 Å². The van der Waals surface area contributed by atoms with Crippen LogP contribution in [0.3, 0.4) is 0 Å². The first kappa shape index (κ1) is 13.3. The second kappa shape index (κ2) is 5.04. The Hall–Kier alpha value is -1.65. The van der Waals surface area contributed by atoms with Crippen LogP contribution in [0.1, 0.15) is 29.0 Å². The second-order valence-corrected chi connectivity index (χ2v) is 6.81. The number of hydrogen-bond acceptors (Lipinski definition) is 2. The van der Waals surface area contributed by atoms with E-state index in [1.165, 1.54) is 5.56 Å². The van der Waals surface area contributed by atoms with E-state index in [0.29, 0.717) is 12.8 Å². The summed E-state index contributed by atoms with van der Waals surface area (Å²) in [4.78, 5) is 0. The van der Waals surface area contributed by atoms with E-state index in [-0.39, 0.29) is 5.92 Å². The Bertz CT molecular complexity index is 708. The van der Waals surface area contributed by atoms with Gasteiger partial charge < -0.3 is 0 Å². The lowest BCUT2D eigenvalue weighted by Gasteiger charge is -2.32. The van der Waals surface area contributed by atoms with Crippen molar-refractivity contribution in [3.63, 3.8) is 0 Å². The van der Waals surface area contributed by atoms with Gasteiger partial charge in [-0.25, -0.2) is 0 Å². The molecule has 20 heavy (non-hydrogen) atoms. The second-order valence-electron chi connectivity index (χ2n) is 5.18. The fourth-order valence-corrected chi connectivity index (χ4v) is 4.17. The molecule has 0 saturated carbocycles. The quantitative estimate of drug-likeness (QED) is 0.864. The Kier molecular flexibility index (Phi) is 3.36. The molecule has 2 atom stereocenters. The third kappa shape index (κ3) is 2.37. The van der Waals surface area contributed by atoms with Crippen molar-refractivity contribution >= 4 is 10.1 Å². The maximum Gasteiger partial charge on any atom is 0.268 e. The van der Waals surface area contributed by atoms with Crippen LogP contribution in [0, 0.1) is 0 Å². The van der Waals surface area contributed by atoms with Gasteiger partial charge in [0.15, 0.2) is 0 Å². The predicted octanol–water partition coefficient (Wildman–Crippen LogP) is 3.02. The Morgan fingerprint density at radius 3 is 2.30 bits per heavy atom. The largest absolute Gasteiger partial charge is 0.285 e. The van der Waals surface area contributed by atoms with E-state index in [2.05, 4.69) is 0 Å². The van der Waals surface area contributed by atoms with E-state index in [4.69, 9.17) is 0 Å².